The van der Waals surface area contributed by atoms with Crippen LogP contribution in [0.3, 0.4) is 0 Å². The number of carbonyl (C=O) groups is 1. The quantitative estimate of drug-likeness (QED) is 0.323. The average molecular weight is 516 g/mol. The second-order valence-electron chi connectivity index (χ2n) is 8.24. The molecule has 1 spiro atoms. The summed E-state index contributed by atoms with van der Waals surface area (Å²) in [5.74, 6) is -4.20. The number of ether oxygens (including phenoxy) is 2. The molecule has 0 saturated heterocycles. The van der Waals surface area contributed by atoms with Crippen LogP contribution >= 0.6 is 15.6 Å². The molecular weight excluding hydrogens is 510 g/mol. The molecule has 3 aromatic carbocycles. The van der Waals surface area contributed by atoms with Crippen LogP contribution in [0.25, 0.3) is 0 Å². The number of hydrogen-bond acceptors (Lipinski definition) is 13. The molecule has 9 rings (SSSR count). The van der Waals surface area contributed by atoms with Gasteiger partial charge in [-0.1, -0.05) is 18.2 Å². The zero-order chi connectivity index (χ0) is 23.6. The van der Waals surface area contributed by atoms with Crippen molar-refractivity contribution in [2.24, 2.45) is 0 Å². The Hall–Kier alpha value is -4.21. The fourth-order valence-electron chi connectivity index (χ4n) is 5.24. The molecule has 6 aliphatic rings. The monoisotopic (exact) mass is 516 g/mol. The summed E-state index contributed by atoms with van der Waals surface area (Å²) in [6, 6.07) is 6.40. The van der Waals surface area contributed by atoms with E-state index in [1.807, 2.05) is 0 Å². The van der Waals surface area contributed by atoms with E-state index in [2.05, 4.69) is 0 Å². The highest BCUT2D eigenvalue weighted by molar-refractivity contribution is 7.50. The van der Waals surface area contributed by atoms with Crippen LogP contribution in [0.2, 0.25) is 0 Å². The SMILES string of the molecule is O=C1OC2(c3ccccc31)c1c(c3c(O)c4c1OP(=O)(O3)O4)Oc1c3c(O)c4c(c12)OP(=O)(O3)O4. The van der Waals surface area contributed by atoms with Gasteiger partial charge in [-0.2, -0.15) is 9.13 Å². The van der Waals surface area contributed by atoms with Crippen LogP contribution in [0.4, 0.5) is 0 Å². The van der Waals surface area contributed by atoms with Crippen molar-refractivity contribution in [2.75, 3.05) is 0 Å². The van der Waals surface area contributed by atoms with Crippen molar-refractivity contribution in [3.63, 3.8) is 0 Å². The highest BCUT2D eigenvalue weighted by Crippen LogP contribution is 2.81. The maximum Gasteiger partial charge on any atom is 0.647 e. The Morgan fingerprint density at radius 1 is 0.657 bits per heavy atom. The van der Waals surface area contributed by atoms with Gasteiger partial charge in [-0.15, -0.1) is 0 Å². The van der Waals surface area contributed by atoms with E-state index in [9.17, 15) is 24.1 Å². The van der Waals surface area contributed by atoms with Crippen LogP contribution in [-0.2, 0) is 19.5 Å². The molecule has 35 heavy (non-hydrogen) atoms. The molecule has 2 atom stereocenters. The Labute approximate surface area is 192 Å². The Bertz CT molecular complexity index is 1680. The summed E-state index contributed by atoms with van der Waals surface area (Å²) < 4.78 is 70.1. The molecule has 2 unspecified atom stereocenters. The first kappa shape index (κ1) is 18.2. The largest absolute Gasteiger partial charge is 0.647 e. The second kappa shape index (κ2) is 4.93. The van der Waals surface area contributed by atoms with Crippen molar-refractivity contribution >= 4 is 21.6 Å². The maximum atomic E-state index is 13.1. The number of hydrogen-bond donors (Lipinski definition) is 2. The fraction of sp³-hybridized carbons (Fsp3) is 0.0500. The van der Waals surface area contributed by atoms with E-state index in [4.69, 9.17) is 36.6 Å². The van der Waals surface area contributed by atoms with Crippen LogP contribution in [0.5, 0.6) is 57.5 Å². The molecular formula is C20H6O13P2. The van der Waals surface area contributed by atoms with Gasteiger partial charge in [0.25, 0.3) is 0 Å². The molecule has 0 saturated carbocycles. The number of esters is 1. The molecule has 0 aromatic heterocycles. The van der Waals surface area contributed by atoms with E-state index in [-0.39, 0.29) is 56.8 Å². The first-order chi connectivity index (χ1) is 16.7. The third-order valence-corrected chi connectivity index (χ3v) is 8.93. The van der Waals surface area contributed by atoms with Crippen molar-refractivity contribution < 1.29 is 60.8 Å². The van der Waals surface area contributed by atoms with Crippen LogP contribution < -0.4 is 31.9 Å². The Morgan fingerprint density at radius 3 is 1.66 bits per heavy atom. The topological polar surface area (TPSA) is 166 Å². The normalized spacial score (nSPS) is 29.5. The predicted molar refractivity (Wildman–Crippen MR) is 107 cm³/mol. The molecule has 0 radical (unpaired) electrons. The van der Waals surface area contributed by atoms with Gasteiger partial charge in [0.1, 0.15) is 0 Å². The van der Waals surface area contributed by atoms with Crippen LogP contribution in [0, 0.1) is 0 Å². The molecule has 3 aromatic rings. The number of phenolic OH excluding ortho intramolecular Hbond substituents is 2. The highest BCUT2D eigenvalue weighted by Gasteiger charge is 2.67. The standard InChI is InChI=1S/C20H6O13P2/c21-9-15-11-7(13-17(9)32-34(24,28-13)30-15)20(6-4-2-1-3-5(6)19(23)27-20)8-12(26-11)16-10(22)18-14(8)29-35(25,31-16)33-18/h1-4,21-22H. The van der Waals surface area contributed by atoms with Crippen molar-refractivity contribution in [3.05, 3.63) is 46.5 Å². The summed E-state index contributed by atoms with van der Waals surface area (Å²) in [6.45, 7) is 0. The lowest BCUT2D eigenvalue weighted by molar-refractivity contribution is 0.0216. The lowest BCUT2D eigenvalue weighted by Crippen LogP contribution is -2.33. The Morgan fingerprint density at radius 2 is 1.11 bits per heavy atom. The molecule has 13 nitrogen and oxygen atoms in total. The number of fused-ring (bicyclic) bond motifs is 14. The first-order valence-electron chi connectivity index (χ1n) is 9.98. The van der Waals surface area contributed by atoms with Gasteiger partial charge in [-0.25, -0.2) is 4.79 Å². The maximum absolute atomic E-state index is 13.1. The van der Waals surface area contributed by atoms with Crippen molar-refractivity contribution in [1.29, 1.82) is 0 Å². The molecule has 0 aliphatic carbocycles. The number of benzene rings is 3. The van der Waals surface area contributed by atoms with E-state index < -0.39 is 50.2 Å². The number of carbonyl (C=O) groups excluding carboxylic acids is 1. The second-order valence-corrected chi connectivity index (χ2v) is 11.1. The molecule has 174 valence electrons. The number of phosphoric ester groups is 2. The lowest BCUT2D eigenvalue weighted by Gasteiger charge is -2.37. The number of rotatable bonds is 0. The van der Waals surface area contributed by atoms with Crippen molar-refractivity contribution in [1.82, 2.24) is 0 Å². The minimum atomic E-state index is -4.21. The van der Waals surface area contributed by atoms with Crippen molar-refractivity contribution in [3.8, 4) is 57.5 Å². The van der Waals surface area contributed by atoms with Gasteiger partial charge in [0, 0.05) is 5.56 Å². The van der Waals surface area contributed by atoms with Gasteiger partial charge in [-0.05, 0) is 6.07 Å². The van der Waals surface area contributed by atoms with E-state index in [1.54, 1.807) is 18.2 Å². The molecule has 0 amide bonds. The fourth-order valence-corrected chi connectivity index (χ4v) is 7.83. The predicted octanol–water partition coefficient (Wildman–Crippen LogP) is 4.21. The van der Waals surface area contributed by atoms with E-state index >= 15 is 0 Å². The van der Waals surface area contributed by atoms with Gasteiger partial charge in [-0.3, -0.25) is 0 Å². The summed E-state index contributed by atoms with van der Waals surface area (Å²) in [5, 5.41) is 21.4. The van der Waals surface area contributed by atoms with E-state index in [0.717, 1.165) is 0 Å². The van der Waals surface area contributed by atoms with Crippen LogP contribution in [-0.4, -0.2) is 16.2 Å². The van der Waals surface area contributed by atoms with Gasteiger partial charge >= 0.3 is 21.6 Å². The lowest BCUT2D eigenvalue weighted by atomic mass is 9.76. The van der Waals surface area contributed by atoms with Gasteiger partial charge in [0.15, 0.2) is 23.0 Å². The summed E-state index contributed by atoms with van der Waals surface area (Å²) in [7, 11) is -8.41. The van der Waals surface area contributed by atoms with Gasteiger partial charge in [0.05, 0.1) is 16.7 Å². The smallest absolute Gasteiger partial charge is 0.501 e. The van der Waals surface area contributed by atoms with Crippen LogP contribution in [0.1, 0.15) is 27.0 Å². The molecule has 6 bridgehead atoms. The van der Waals surface area contributed by atoms with Crippen molar-refractivity contribution in [2.45, 2.75) is 5.60 Å². The highest BCUT2D eigenvalue weighted by atomic mass is 31.2. The number of phosphoric acid groups is 2. The summed E-state index contributed by atoms with van der Waals surface area (Å²) in [6.07, 6.45) is 0. The van der Waals surface area contributed by atoms with Crippen LogP contribution in [0.15, 0.2) is 24.3 Å². The Balaban J connectivity index is 1.52. The minimum absolute atomic E-state index is 0.0209. The van der Waals surface area contributed by atoms with Gasteiger partial charge < -0.3 is 46.8 Å². The molecule has 6 aliphatic heterocycles. The summed E-state index contributed by atoms with van der Waals surface area (Å²) in [4.78, 5) is 13.1. The third kappa shape index (κ3) is 1.72. The zero-order valence-electron chi connectivity index (χ0n) is 16.6. The summed E-state index contributed by atoms with van der Waals surface area (Å²) in [5.41, 5.74) is -1.52. The Kier molecular flexibility index (Phi) is 2.56. The number of phenols is 2. The minimum Gasteiger partial charge on any atom is -0.501 e. The first-order valence-corrected chi connectivity index (χ1v) is 12.9. The van der Waals surface area contributed by atoms with E-state index in [1.165, 1.54) is 6.07 Å². The third-order valence-electron chi connectivity index (χ3n) is 6.49. The molecule has 2 N–H and O–H groups in total. The molecule has 0 fully saturated rings. The zero-order valence-corrected chi connectivity index (χ0v) is 18.4. The van der Waals surface area contributed by atoms with E-state index in [0.29, 0.717) is 0 Å². The number of aromatic hydroxyl groups is 2. The summed E-state index contributed by atoms with van der Waals surface area (Å²) >= 11 is 0. The molecule has 6 heterocycles. The average Bonchev–Trinajstić information content (AvgIpc) is 3.33. The molecule has 15 heteroatoms. The van der Waals surface area contributed by atoms with Gasteiger partial charge in [0.2, 0.25) is 40.1 Å².